The van der Waals surface area contributed by atoms with Gasteiger partial charge in [-0.15, -0.1) is 0 Å². The van der Waals surface area contributed by atoms with Crippen molar-refractivity contribution in [2.45, 2.75) is 31.1 Å². The van der Waals surface area contributed by atoms with E-state index in [0.717, 1.165) is 11.4 Å². The fourth-order valence-corrected chi connectivity index (χ4v) is 2.31. The molecule has 2 aromatic heterocycles. The minimum Gasteiger partial charge on any atom is -0.464 e. The zero-order valence-corrected chi connectivity index (χ0v) is 12.7. The molecule has 0 saturated carbocycles. The van der Waals surface area contributed by atoms with Crippen LogP contribution in [0.1, 0.15) is 18.3 Å². The molecule has 0 aliphatic heterocycles. The van der Waals surface area contributed by atoms with Crippen molar-refractivity contribution in [2.75, 3.05) is 19.0 Å². The van der Waals surface area contributed by atoms with Gasteiger partial charge >= 0.3 is 6.01 Å². The fraction of sp³-hybridized carbons (Fsp3) is 0.417. The van der Waals surface area contributed by atoms with Crippen LogP contribution in [0.4, 0.5) is 5.95 Å². The van der Waals surface area contributed by atoms with Gasteiger partial charge in [0.1, 0.15) is 0 Å². The predicted octanol–water partition coefficient (Wildman–Crippen LogP) is 1.87. The van der Waals surface area contributed by atoms with Crippen molar-refractivity contribution in [3.63, 3.8) is 0 Å². The highest BCUT2D eigenvalue weighted by Crippen LogP contribution is 2.23. The topological polar surface area (TPSA) is 85.7 Å². The summed E-state index contributed by atoms with van der Waals surface area (Å²) in [6.07, 6.45) is 0. The smallest absolute Gasteiger partial charge is 0.322 e. The molecule has 8 heteroatoms. The summed E-state index contributed by atoms with van der Waals surface area (Å²) >= 11 is 1.28. The lowest BCUT2D eigenvalue weighted by atomic mass is 10.4. The van der Waals surface area contributed by atoms with Crippen molar-refractivity contribution in [3.8, 4) is 6.01 Å². The van der Waals surface area contributed by atoms with E-state index < -0.39 is 0 Å². The van der Waals surface area contributed by atoms with Gasteiger partial charge in [-0.2, -0.15) is 15.0 Å². The van der Waals surface area contributed by atoms with Gasteiger partial charge in [-0.25, -0.2) is 9.97 Å². The molecular weight excluding hydrogens is 276 g/mol. The molecule has 106 valence electrons. The Hall–Kier alpha value is -1.96. The van der Waals surface area contributed by atoms with Crippen LogP contribution in [-0.4, -0.2) is 38.6 Å². The molecule has 2 heterocycles. The molecule has 1 N–H and O–H groups in total. The molecule has 0 fully saturated rings. The van der Waals surface area contributed by atoms with E-state index in [2.05, 4.69) is 30.2 Å². The zero-order chi connectivity index (χ0) is 14.5. The van der Waals surface area contributed by atoms with Crippen LogP contribution in [0.15, 0.2) is 16.4 Å². The van der Waals surface area contributed by atoms with Gasteiger partial charge < -0.3 is 10.1 Å². The second kappa shape index (κ2) is 6.47. The van der Waals surface area contributed by atoms with Crippen LogP contribution in [-0.2, 0) is 0 Å². The first-order chi connectivity index (χ1) is 9.60. The molecule has 0 aliphatic rings. The zero-order valence-electron chi connectivity index (χ0n) is 11.8. The van der Waals surface area contributed by atoms with Gasteiger partial charge in [0, 0.05) is 18.4 Å². The summed E-state index contributed by atoms with van der Waals surface area (Å²) < 4.78 is 5.32. The Kier molecular flexibility index (Phi) is 4.67. The maximum atomic E-state index is 5.32. The molecule has 0 atom stereocenters. The van der Waals surface area contributed by atoms with E-state index in [1.807, 2.05) is 26.8 Å². The number of ether oxygens (including phenoxy) is 1. The second-order valence-electron chi connectivity index (χ2n) is 3.94. The first kappa shape index (κ1) is 14.4. The number of anilines is 1. The highest BCUT2D eigenvalue weighted by molar-refractivity contribution is 7.99. The lowest BCUT2D eigenvalue weighted by Gasteiger charge is -2.06. The normalized spacial score (nSPS) is 10.4. The van der Waals surface area contributed by atoms with Gasteiger partial charge in [-0.1, -0.05) is 0 Å². The number of aromatic nitrogens is 5. The van der Waals surface area contributed by atoms with Crippen LogP contribution in [0.2, 0.25) is 0 Å². The van der Waals surface area contributed by atoms with E-state index in [1.165, 1.54) is 11.8 Å². The van der Waals surface area contributed by atoms with Crippen molar-refractivity contribution in [3.05, 3.63) is 17.5 Å². The monoisotopic (exact) mass is 292 g/mol. The number of aryl methyl sites for hydroxylation is 2. The Bertz CT molecular complexity index is 586. The standard InChI is InChI=1S/C12H16N6OS/c1-5-19-10-16-9(13-4)17-12(18-10)20-11-14-7(2)6-8(3)15-11/h6H,5H2,1-4H3,(H,13,16,17,18). The third-order valence-corrected chi connectivity index (χ3v) is 2.97. The van der Waals surface area contributed by atoms with Crippen LogP contribution < -0.4 is 10.1 Å². The molecule has 20 heavy (non-hydrogen) atoms. The van der Waals surface area contributed by atoms with Crippen LogP contribution in [0.5, 0.6) is 6.01 Å². The van der Waals surface area contributed by atoms with Gasteiger partial charge in [-0.05, 0) is 38.6 Å². The fourth-order valence-electron chi connectivity index (χ4n) is 1.51. The molecule has 0 unspecified atom stereocenters. The lowest BCUT2D eigenvalue weighted by Crippen LogP contribution is -2.05. The number of hydrogen-bond donors (Lipinski definition) is 1. The Labute approximate surface area is 121 Å². The van der Waals surface area contributed by atoms with Gasteiger partial charge in [-0.3, -0.25) is 0 Å². The Balaban J connectivity index is 2.29. The summed E-state index contributed by atoms with van der Waals surface area (Å²) in [5, 5.41) is 3.99. The molecule has 0 radical (unpaired) electrons. The lowest BCUT2D eigenvalue weighted by molar-refractivity contribution is 0.308. The Morgan fingerprint density at radius 1 is 1.05 bits per heavy atom. The van der Waals surface area contributed by atoms with Gasteiger partial charge in [0.05, 0.1) is 6.61 Å². The number of nitrogens with one attached hydrogen (secondary N) is 1. The average molecular weight is 292 g/mol. The molecular formula is C12H16N6OS. The second-order valence-corrected chi connectivity index (χ2v) is 4.88. The first-order valence-electron chi connectivity index (χ1n) is 6.17. The molecule has 7 nitrogen and oxygen atoms in total. The van der Waals surface area contributed by atoms with E-state index >= 15 is 0 Å². The van der Waals surface area contributed by atoms with Crippen LogP contribution in [0, 0.1) is 13.8 Å². The SMILES string of the molecule is CCOc1nc(NC)nc(Sc2nc(C)cc(C)n2)n1. The van der Waals surface area contributed by atoms with Crippen LogP contribution in [0.25, 0.3) is 0 Å². The third-order valence-electron chi connectivity index (χ3n) is 2.24. The molecule has 0 saturated heterocycles. The molecule has 0 aliphatic carbocycles. The number of hydrogen-bond acceptors (Lipinski definition) is 8. The van der Waals surface area contributed by atoms with Crippen molar-refractivity contribution in [2.24, 2.45) is 0 Å². The summed E-state index contributed by atoms with van der Waals surface area (Å²) in [4.78, 5) is 21.3. The summed E-state index contributed by atoms with van der Waals surface area (Å²) in [6, 6.07) is 2.21. The maximum absolute atomic E-state index is 5.32. The third kappa shape index (κ3) is 3.77. The Morgan fingerprint density at radius 3 is 2.30 bits per heavy atom. The number of nitrogens with zero attached hydrogens (tertiary/aromatic N) is 5. The largest absolute Gasteiger partial charge is 0.464 e. The average Bonchev–Trinajstić information content (AvgIpc) is 2.37. The van der Waals surface area contributed by atoms with Gasteiger partial charge in [0.2, 0.25) is 11.1 Å². The maximum Gasteiger partial charge on any atom is 0.322 e. The van der Waals surface area contributed by atoms with Crippen molar-refractivity contribution < 1.29 is 4.74 Å². The van der Waals surface area contributed by atoms with Crippen molar-refractivity contribution in [1.82, 2.24) is 24.9 Å². The van der Waals surface area contributed by atoms with Crippen molar-refractivity contribution >= 4 is 17.7 Å². The summed E-state index contributed by atoms with van der Waals surface area (Å²) in [6.45, 7) is 6.23. The molecule has 2 rings (SSSR count). The summed E-state index contributed by atoms with van der Waals surface area (Å²) in [7, 11) is 1.74. The number of rotatable bonds is 5. The van der Waals surface area contributed by atoms with Gasteiger partial charge in [0.25, 0.3) is 0 Å². The molecule has 2 aromatic rings. The first-order valence-corrected chi connectivity index (χ1v) is 6.99. The van der Waals surface area contributed by atoms with Crippen molar-refractivity contribution in [1.29, 1.82) is 0 Å². The van der Waals surface area contributed by atoms with E-state index in [4.69, 9.17) is 4.74 Å². The van der Waals surface area contributed by atoms with Gasteiger partial charge in [0.15, 0.2) is 5.16 Å². The molecule has 0 amide bonds. The summed E-state index contributed by atoms with van der Waals surface area (Å²) in [5.41, 5.74) is 1.82. The molecule has 0 bridgehead atoms. The molecule has 0 aromatic carbocycles. The minimum atomic E-state index is 0.290. The molecule has 0 spiro atoms. The quantitative estimate of drug-likeness (QED) is 0.836. The van der Waals surface area contributed by atoms with E-state index in [1.54, 1.807) is 7.05 Å². The predicted molar refractivity (Wildman–Crippen MR) is 76.2 cm³/mol. The van der Waals surface area contributed by atoms with Crippen LogP contribution in [0.3, 0.4) is 0 Å². The van der Waals surface area contributed by atoms with E-state index in [0.29, 0.717) is 28.9 Å². The van der Waals surface area contributed by atoms with Crippen LogP contribution >= 0.6 is 11.8 Å². The highest BCUT2D eigenvalue weighted by atomic mass is 32.2. The van der Waals surface area contributed by atoms with E-state index in [9.17, 15) is 0 Å². The Morgan fingerprint density at radius 2 is 1.70 bits per heavy atom. The summed E-state index contributed by atoms with van der Waals surface area (Å²) in [5.74, 6) is 0.454. The highest BCUT2D eigenvalue weighted by Gasteiger charge is 2.10. The minimum absolute atomic E-state index is 0.290. The van der Waals surface area contributed by atoms with E-state index in [-0.39, 0.29) is 0 Å².